The van der Waals surface area contributed by atoms with Crippen molar-refractivity contribution in [2.45, 2.75) is 45.1 Å². The van der Waals surface area contributed by atoms with Gasteiger partial charge in [-0.05, 0) is 50.8 Å². The van der Waals surface area contributed by atoms with Crippen LogP contribution in [-0.4, -0.2) is 25.8 Å². The molecule has 3 heteroatoms. The second kappa shape index (κ2) is 8.05. The monoisotopic (exact) mass is 263 g/mol. The van der Waals surface area contributed by atoms with E-state index >= 15 is 0 Å². The number of benzene rings is 1. The van der Waals surface area contributed by atoms with E-state index in [1.54, 1.807) is 0 Å². The van der Waals surface area contributed by atoms with E-state index < -0.39 is 0 Å². The molecule has 1 unspecified atom stereocenters. The van der Waals surface area contributed by atoms with Gasteiger partial charge in [-0.2, -0.15) is 0 Å². The third kappa shape index (κ3) is 4.75. The van der Waals surface area contributed by atoms with Gasteiger partial charge in [0.15, 0.2) is 11.5 Å². The second-order valence-electron chi connectivity index (χ2n) is 5.08. The first-order valence-corrected chi connectivity index (χ1v) is 7.48. The summed E-state index contributed by atoms with van der Waals surface area (Å²) >= 11 is 0. The summed E-state index contributed by atoms with van der Waals surface area (Å²) in [5.41, 5.74) is 0. The number of nitrogens with one attached hydrogen (secondary N) is 1. The van der Waals surface area contributed by atoms with Gasteiger partial charge in [0.1, 0.15) is 0 Å². The molecule has 1 aromatic rings. The average molecular weight is 263 g/mol. The van der Waals surface area contributed by atoms with Crippen molar-refractivity contribution >= 4 is 0 Å². The lowest BCUT2D eigenvalue weighted by Gasteiger charge is -2.13. The van der Waals surface area contributed by atoms with E-state index in [9.17, 15) is 0 Å². The predicted octanol–water partition coefficient (Wildman–Crippen LogP) is 3.39. The maximum Gasteiger partial charge on any atom is 0.161 e. The largest absolute Gasteiger partial charge is 0.490 e. The SMILES string of the molecule is CCCOc1ccccc1OCCCC1CCCN1. The summed E-state index contributed by atoms with van der Waals surface area (Å²) in [6.07, 6.45) is 5.95. The van der Waals surface area contributed by atoms with Gasteiger partial charge in [-0.15, -0.1) is 0 Å². The van der Waals surface area contributed by atoms with E-state index in [2.05, 4.69) is 12.2 Å². The average Bonchev–Trinajstić information content (AvgIpc) is 2.95. The summed E-state index contributed by atoms with van der Waals surface area (Å²) in [5.74, 6) is 1.73. The first-order valence-electron chi connectivity index (χ1n) is 7.48. The van der Waals surface area contributed by atoms with Gasteiger partial charge in [-0.3, -0.25) is 0 Å². The number of ether oxygens (including phenoxy) is 2. The molecule has 1 aromatic carbocycles. The molecule has 0 radical (unpaired) electrons. The molecule has 1 fully saturated rings. The molecule has 19 heavy (non-hydrogen) atoms. The molecule has 0 amide bonds. The first-order chi connectivity index (χ1) is 9.40. The van der Waals surface area contributed by atoms with Crippen molar-refractivity contribution < 1.29 is 9.47 Å². The summed E-state index contributed by atoms with van der Waals surface area (Å²) in [7, 11) is 0. The van der Waals surface area contributed by atoms with E-state index in [0.717, 1.165) is 37.6 Å². The minimum atomic E-state index is 0.704. The zero-order chi connectivity index (χ0) is 13.3. The Morgan fingerprint density at radius 1 is 1.16 bits per heavy atom. The van der Waals surface area contributed by atoms with Crippen molar-refractivity contribution in [1.29, 1.82) is 0 Å². The van der Waals surface area contributed by atoms with Crippen molar-refractivity contribution in [1.82, 2.24) is 5.32 Å². The van der Waals surface area contributed by atoms with Gasteiger partial charge in [0.05, 0.1) is 13.2 Å². The van der Waals surface area contributed by atoms with E-state index in [0.29, 0.717) is 6.04 Å². The Bertz CT molecular complexity index is 362. The second-order valence-corrected chi connectivity index (χ2v) is 5.08. The van der Waals surface area contributed by atoms with E-state index in [1.807, 2.05) is 24.3 Å². The highest BCUT2D eigenvalue weighted by molar-refractivity contribution is 5.39. The number of hydrogen-bond acceptors (Lipinski definition) is 3. The van der Waals surface area contributed by atoms with Gasteiger partial charge in [-0.25, -0.2) is 0 Å². The summed E-state index contributed by atoms with van der Waals surface area (Å²) in [6, 6.07) is 8.64. The highest BCUT2D eigenvalue weighted by Gasteiger charge is 2.13. The van der Waals surface area contributed by atoms with Crippen molar-refractivity contribution in [3.63, 3.8) is 0 Å². The molecule has 1 atom stereocenters. The molecule has 1 aliphatic heterocycles. The number of hydrogen-bond donors (Lipinski definition) is 1. The minimum Gasteiger partial charge on any atom is -0.490 e. The van der Waals surface area contributed by atoms with Crippen LogP contribution in [-0.2, 0) is 0 Å². The normalized spacial score (nSPS) is 18.5. The summed E-state index contributed by atoms with van der Waals surface area (Å²) in [5, 5.41) is 3.51. The van der Waals surface area contributed by atoms with Crippen molar-refractivity contribution in [3.05, 3.63) is 24.3 Å². The highest BCUT2D eigenvalue weighted by atomic mass is 16.5. The molecule has 2 rings (SSSR count). The fourth-order valence-electron chi connectivity index (χ4n) is 2.42. The lowest BCUT2D eigenvalue weighted by Crippen LogP contribution is -2.21. The van der Waals surface area contributed by atoms with Crippen LogP contribution in [0.4, 0.5) is 0 Å². The molecule has 106 valence electrons. The molecule has 0 saturated carbocycles. The highest BCUT2D eigenvalue weighted by Crippen LogP contribution is 2.26. The van der Waals surface area contributed by atoms with Crippen LogP contribution < -0.4 is 14.8 Å². The van der Waals surface area contributed by atoms with Crippen LogP contribution in [0.25, 0.3) is 0 Å². The van der Waals surface area contributed by atoms with Crippen LogP contribution in [0.1, 0.15) is 39.0 Å². The summed E-state index contributed by atoms with van der Waals surface area (Å²) in [6.45, 7) is 4.80. The van der Waals surface area contributed by atoms with Gasteiger partial charge in [0.25, 0.3) is 0 Å². The molecule has 1 N–H and O–H groups in total. The maximum atomic E-state index is 5.84. The Balaban J connectivity index is 1.72. The lowest BCUT2D eigenvalue weighted by molar-refractivity contribution is 0.261. The third-order valence-electron chi connectivity index (χ3n) is 3.43. The van der Waals surface area contributed by atoms with Crippen molar-refractivity contribution in [3.8, 4) is 11.5 Å². The Morgan fingerprint density at radius 2 is 1.89 bits per heavy atom. The number of rotatable bonds is 8. The fraction of sp³-hybridized carbons (Fsp3) is 0.625. The van der Waals surface area contributed by atoms with Gasteiger partial charge in [0, 0.05) is 6.04 Å². The Hall–Kier alpha value is -1.22. The van der Waals surface area contributed by atoms with Crippen molar-refractivity contribution in [2.24, 2.45) is 0 Å². The molecular formula is C16H25NO2. The fourth-order valence-corrected chi connectivity index (χ4v) is 2.42. The minimum absolute atomic E-state index is 0.704. The standard InChI is InChI=1S/C16H25NO2/c1-2-12-18-15-9-3-4-10-16(15)19-13-6-8-14-7-5-11-17-14/h3-4,9-10,14,17H,2,5-8,11-13H2,1H3. The van der Waals surface area contributed by atoms with Crippen LogP contribution in [0.5, 0.6) is 11.5 Å². The molecule has 0 aromatic heterocycles. The zero-order valence-electron chi connectivity index (χ0n) is 11.9. The topological polar surface area (TPSA) is 30.5 Å². The number of para-hydroxylation sites is 2. The Labute approximate surface area is 116 Å². The summed E-state index contributed by atoms with van der Waals surface area (Å²) < 4.78 is 11.5. The van der Waals surface area contributed by atoms with Crippen LogP contribution in [0, 0.1) is 0 Å². The van der Waals surface area contributed by atoms with Crippen LogP contribution in [0.15, 0.2) is 24.3 Å². The van der Waals surface area contributed by atoms with E-state index in [-0.39, 0.29) is 0 Å². The molecule has 0 aliphatic carbocycles. The summed E-state index contributed by atoms with van der Waals surface area (Å²) in [4.78, 5) is 0. The molecule has 1 saturated heterocycles. The van der Waals surface area contributed by atoms with Gasteiger partial charge in [0.2, 0.25) is 0 Å². The maximum absolute atomic E-state index is 5.84. The quantitative estimate of drug-likeness (QED) is 0.729. The van der Waals surface area contributed by atoms with Gasteiger partial charge < -0.3 is 14.8 Å². The van der Waals surface area contributed by atoms with Crippen LogP contribution in [0.2, 0.25) is 0 Å². The van der Waals surface area contributed by atoms with Gasteiger partial charge >= 0.3 is 0 Å². The van der Waals surface area contributed by atoms with Crippen LogP contribution in [0.3, 0.4) is 0 Å². The predicted molar refractivity (Wildman–Crippen MR) is 78.0 cm³/mol. The molecular weight excluding hydrogens is 238 g/mol. The Morgan fingerprint density at radius 3 is 2.53 bits per heavy atom. The first kappa shape index (κ1) is 14.2. The molecule has 1 aliphatic rings. The van der Waals surface area contributed by atoms with E-state index in [4.69, 9.17) is 9.47 Å². The van der Waals surface area contributed by atoms with Crippen LogP contribution >= 0.6 is 0 Å². The lowest BCUT2D eigenvalue weighted by atomic mass is 10.1. The molecule has 3 nitrogen and oxygen atoms in total. The van der Waals surface area contributed by atoms with Gasteiger partial charge in [-0.1, -0.05) is 19.1 Å². The third-order valence-corrected chi connectivity index (χ3v) is 3.43. The molecule has 1 heterocycles. The van der Waals surface area contributed by atoms with Crippen molar-refractivity contribution in [2.75, 3.05) is 19.8 Å². The zero-order valence-corrected chi connectivity index (χ0v) is 11.9. The molecule has 0 bridgehead atoms. The smallest absolute Gasteiger partial charge is 0.161 e. The Kier molecular flexibility index (Phi) is 6.02. The van der Waals surface area contributed by atoms with E-state index in [1.165, 1.54) is 25.8 Å². The molecule has 0 spiro atoms.